The normalized spacial score (nSPS) is 12.2. The van der Waals surface area contributed by atoms with Gasteiger partial charge in [0, 0.05) is 23.1 Å². The third kappa shape index (κ3) is 7.72. The third-order valence-electron chi connectivity index (χ3n) is 5.82. The van der Waals surface area contributed by atoms with E-state index in [-0.39, 0.29) is 23.3 Å². The number of hydrogen-bond acceptors (Lipinski definition) is 4. The smallest absolute Gasteiger partial charge is 0.264 e. The second-order valence-corrected chi connectivity index (χ2v) is 12.0. The van der Waals surface area contributed by atoms with Crippen molar-refractivity contribution in [3.05, 3.63) is 94.5 Å². The molecule has 0 heterocycles. The van der Waals surface area contributed by atoms with E-state index in [4.69, 9.17) is 23.2 Å². The average Bonchev–Trinajstić information content (AvgIpc) is 2.89. The van der Waals surface area contributed by atoms with E-state index in [0.29, 0.717) is 27.8 Å². The summed E-state index contributed by atoms with van der Waals surface area (Å²) >= 11 is 12.1. The number of anilines is 1. The number of para-hydroxylation sites is 1. The highest BCUT2D eigenvalue weighted by molar-refractivity contribution is 7.92. The van der Waals surface area contributed by atoms with Crippen LogP contribution in [0, 0.1) is 5.92 Å². The van der Waals surface area contributed by atoms with Crippen molar-refractivity contribution in [2.45, 2.75) is 38.3 Å². The van der Waals surface area contributed by atoms with Gasteiger partial charge in [0.25, 0.3) is 10.0 Å². The molecule has 3 aromatic rings. The summed E-state index contributed by atoms with van der Waals surface area (Å²) in [6.45, 7) is 5.57. The Balaban J connectivity index is 1.98. The minimum atomic E-state index is -4.14. The van der Waals surface area contributed by atoms with E-state index in [1.807, 2.05) is 13.8 Å². The van der Waals surface area contributed by atoms with Crippen LogP contribution in [0.3, 0.4) is 0 Å². The Morgan fingerprint density at radius 2 is 1.53 bits per heavy atom. The van der Waals surface area contributed by atoms with Crippen molar-refractivity contribution in [3.63, 3.8) is 0 Å². The number of amides is 2. The number of carbonyl (C=O) groups is 2. The molecule has 10 heteroatoms. The number of sulfonamides is 1. The summed E-state index contributed by atoms with van der Waals surface area (Å²) in [5, 5.41) is 3.74. The Labute approximate surface area is 234 Å². The molecule has 0 aromatic heterocycles. The van der Waals surface area contributed by atoms with Gasteiger partial charge in [0.2, 0.25) is 11.8 Å². The van der Waals surface area contributed by atoms with Crippen LogP contribution in [0.1, 0.15) is 26.3 Å². The van der Waals surface area contributed by atoms with E-state index in [2.05, 4.69) is 5.32 Å². The molecule has 0 bridgehead atoms. The lowest BCUT2D eigenvalue weighted by atomic mass is 10.1. The molecule has 7 nitrogen and oxygen atoms in total. The molecule has 2 amide bonds. The number of carbonyl (C=O) groups excluding carboxylic acids is 2. The van der Waals surface area contributed by atoms with Crippen molar-refractivity contribution in [1.29, 1.82) is 0 Å². The van der Waals surface area contributed by atoms with Gasteiger partial charge in [-0.3, -0.25) is 13.9 Å². The summed E-state index contributed by atoms with van der Waals surface area (Å²) in [5.41, 5.74) is 1.02. The third-order valence-corrected chi connectivity index (χ3v) is 8.09. The minimum Gasteiger partial charge on any atom is -0.354 e. The molecule has 0 radical (unpaired) electrons. The minimum absolute atomic E-state index is 0.0114. The highest BCUT2D eigenvalue weighted by atomic mass is 35.5. The van der Waals surface area contributed by atoms with Gasteiger partial charge in [-0.1, -0.05) is 67.4 Å². The van der Waals surface area contributed by atoms with E-state index >= 15 is 0 Å². The summed E-state index contributed by atoms with van der Waals surface area (Å²) in [4.78, 5) is 28.2. The van der Waals surface area contributed by atoms with Gasteiger partial charge in [-0.2, -0.15) is 0 Å². The Morgan fingerprint density at radius 1 is 0.868 bits per heavy atom. The lowest BCUT2D eigenvalue weighted by molar-refractivity contribution is -0.139. The van der Waals surface area contributed by atoms with Crippen LogP contribution in [0.2, 0.25) is 10.0 Å². The molecule has 0 saturated heterocycles. The van der Waals surface area contributed by atoms with Crippen LogP contribution in [-0.2, 0) is 26.2 Å². The number of benzene rings is 3. The summed E-state index contributed by atoms with van der Waals surface area (Å²) in [7, 11) is -4.14. The van der Waals surface area contributed by atoms with Crippen molar-refractivity contribution < 1.29 is 18.0 Å². The van der Waals surface area contributed by atoms with Crippen molar-refractivity contribution in [3.8, 4) is 0 Å². The number of nitrogens with zero attached hydrogens (tertiary/aromatic N) is 2. The standard InChI is InChI=1S/C28H31Cl2N3O4S/c1-20(2)17-31-28(35)21(3)32(18-22-8-7-9-24(30)16-22)27(34)19-33(25-10-5-4-6-11-25)38(36,37)26-14-12-23(29)13-15-26/h4-16,20-21H,17-19H2,1-3H3,(H,31,35)/t21-/m1/s1. The Bertz CT molecular complexity index is 1350. The van der Waals surface area contributed by atoms with Crippen LogP contribution >= 0.6 is 23.2 Å². The monoisotopic (exact) mass is 575 g/mol. The summed E-state index contributed by atoms with van der Waals surface area (Å²) in [6, 6.07) is 20.2. The molecule has 202 valence electrons. The Morgan fingerprint density at radius 3 is 2.13 bits per heavy atom. The number of nitrogens with one attached hydrogen (secondary N) is 1. The second-order valence-electron chi connectivity index (χ2n) is 9.27. The molecular weight excluding hydrogens is 545 g/mol. The zero-order valence-corrected chi connectivity index (χ0v) is 23.8. The van der Waals surface area contributed by atoms with E-state index in [1.165, 1.54) is 29.2 Å². The van der Waals surface area contributed by atoms with Crippen LogP contribution in [-0.4, -0.2) is 44.3 Å². The maximum Gasteiger partial charge on any atom is 0.264 e. The van der Waals surface area contributed by atoms with Gasteiger partial charge < -0.3 is 10.2 Å². The fourth-order valence-electron chi connectivity index (χ4n) is 3.72. The Kier molecular flexibility index (Phi) is 10.2. The van der Waals surface area contributed by atoms with Crippen molar-refractivity contribution >= 4 is 50.7 Å². The van der Waals surface area contributed by atoms with Crippen LogP contribution in [0.25, 0.3) is 0 Å². The molecule has 0 saturated carbocycles. The number of rotatable bonds is 11. The molecule has 0 fully saturated rings. The van der Waals surface area contributed by atoms with Crippen LogP contribution in [0.4, 0.5) is 5.69 Å². The Hall–Kier alpha value is -3.07. The van der Waals surface area contributed by atoms with E-state index in [1.54, 1.807) is 61.5 Å². The van der Waals surface area contributed by atoms with Gasteiger partial charge in [-0.15, -0.1) is 0 Å². The molecule has 1 atom stereocenters. The summed E-state index contributed by atoms with van der Waals surface area (Å²) in [6.07, 6.45) is 0. The highest BCUT2D eigenvalue weighted by Crippen LogP contribution is 2.25. The van der Waals surface area contributed by atoms with Gasteiger partial charge >= 0.3 is 0 Å². The maximum atomic E-state index is 13.8. The van der Waals surface area contributed by atoms with Gasteiger partial charge in [-0.05, 0) is 66.9 Å². The molecule has 0 unspecified atom stereocenters. The van der Waals surface area contributed by atoms with Gasteiger partial charge in [0.15, 0.2) is 0 Å². The molecule has 0 aliphatic heterocycles. The second kappa shape index (κ2) is 13.1. The average molecular weight is 577 g/mol. The molecule has 0 aliphatic rings. The first-order valence-corrected chi connectivity index (χ1v) is 14.3. The van der Waals surface area contributed by atoms with Gasteiger partial charge in [-0.25, -0.2) is 8.42 Å². The maximum absolute atomic E-state index is 13.8. The summed E-state index contributed by atoms with van der Waals surface area (Å²) in [5.74, 6) is -0.652. The molecule has 0 spiro atoms. The molecule has 38 heavy (non-hydrogen) atoms. The first kappa shape index (κ1) is 29.5. The largest absolute Gasteiger partial charge is 0.354 e. The van der Waals surface area contributed by atoms with Crippen LogP contribution in [0.15, 0.2) is 83.8 Å². The lowest BCUT2D eigenvalue weighted by Gasteiger charge is -2.32. The summed E-state index contributed by atoms with van der Waals surface area (Å²) < 4.78 is 28.4. The molecule has 0 aliphatic carbocycles. The van der Waals surface area contributed by atoms with Crippen LogP contribution < -0.4 is 9.62 Å². The van der Waals surface area contributed by atoms with E-state index < -0.39 is 28.5 Å². The first-order valence-electron chi connectivity index (χ1n) is 12.1. The zero-order valence-electron chi connectivity index (χ0n) is 21.5. The van der Waals surface area contributed by atoms with Crippen molar-refractivity contribution in [1.82, 2.24) is 10.2 Å². The van der Waals surface area contributed by atoms with Crippen LogP contribution in [0.5, 0.6) is 0 Å². The quantitative estimate of drug-likeness (QED) is 0.332. The number of halogens is 2. The SMILES string of the molecule is CC(C)CNC(=O)[C@@H](C)N(Cc1cccc(Cl)c1)C(=O)CN(c1ccccc1)S(=O)(=O)c1ccc(Cl)cc1. The zero-order chi connectivity index (χ0) is 27.9. The van der Waals surface area contributed by atoms with E-state index in [9.17, 15) is 18.0 Å². The highest BCUT2D eigenvalue weighted by Gasteiger charge is 2.32. The van der Waals surface area contributed by atoms with Crippen molar-refractivity contribution in [2.24, 2.45) is 5.92 Å². The predicted molar refractivity (Wildman–Crippen MR) is 152 cm³/mol. The molecule has 3 rings (SSSR count). The lowest BCUT2D eigenvalue weighted by Crippen LogP contribution is -2.51. The fraction of sp³-hybridized carbons (Fsp3) is 0.286. The molecule has 3 aromatic carbocycles. The predicted octanol–water partition coefficient (Wildman–Crippen LogP) is 5.38. The molecule has 1 N–H and O–H groups in total. The van der Waals surface area contributed by atoms with E-state index in [0.717, 1.165) is 4.31 Å². The topological polar surface area (TPSA) is 86.8 Å². The number of hydrogen-bond donors (Lipinski definition) is 1. The fourth-order valence-corrected chi connectivity index (χ4v) is 5.48. The van der Waals surface area contributed by atoms with Crippen molar-refractivity contribution in [2.75, 3.05) is 17.4 Å². The van der Waals surface area contributed by atoms with Gasteiger partial charge in [0.05, 0.1) is 10.6 Å². The first-order chi connectivity index (χ1) is 18.0. The molecular formula is C28H31Cl2N3O4S. The van der Waals surface area contributed by atoms with Gasteiger partial charge in [0.1, 0.15) is 12.6 Å².